The maximum absolute atomic E-state index is 15.7. The first-order valence-electron chi connectivity index (χ1n) is 13.9. The van der Waals surface area contributed by atoms with Gasteiger partial charge in [0.2, 0.25) is 10.0 Å². The van der Waals surface area contributed by atoms with Crippen molar-refractivity contribution in [1.82, 2.24) is 29.5 Å². The first kappa shape index (κ1) is 27.9. The fourth-order valence-corrected chi connectivity index (χ4v) is 7.52. The molecule has 4 N–H and O–H groups in total. The zero-order valence-corrected chi connectivity index (χ0v) is 23.7. The van der Waals surface area contributed by atoms with Crippen molar-refractivity contribution >= 4 is 26.9 Å². The molecule has 0 radical (unpaired) electrons. The van der Waals surface area contributed by atoms with E-state index in [-0.39, 0.29) is 23.8 Å². The summed E-state index contributed by atoms with van der Waals surface area (Å²) in [5, 5.41) is 10.9. The Labute approximate surface area is 237 Å². The Bertz CT molecular complexity index is 1640. The number of allylic oxidation sites excluding steroid dienone is 3. The van der Waals surface area contributed by atoms with Crippen LogP contribution >= 0.6 is 0 Å². The highest BCUT2D eigenvalue weighted by atomic mass is 32.2. The molecule has 1 aliphatic heterocycles. The number of hydrogen-bond donors (Lipinski definition) is 2. The van der Waals surface area contributed by atoms with Crippen LogP contribution in [0.3, 0.4) is 0 Å². The van der Waals surface area contributed by atoms with Gasteiger partial charge in [-0.15, -0.1) is 0 Å². The highest BCUT2D eigenvalue weighted by Crippen LogP contribution is 2.42. The van der Waals surface area contributed by atoms with Crippen molar-refractivity contribution in [3.63, 3.8) is 0 Å². The van der Waals surface area contributed by atoms with Gasteiger partial charge in [-0.2, -0.15) is 5.10 Å². The normalized spacial score (nSPS) is 26.4. The summed E-state index contributed by atoms with van der Waals surface area (Å²) in [5.41, 5.74) is 7.51. The lowest BCUT2D eigenvalue weighted by molar-refractivity contribution is 0.0815. The van der Waals surface area contributed by atoms with E-state index in [1.54, 1.807) is 6.07 Å². The Kier molecular flexibility index (Phi) is 7.17. The number of hydrogen-bond acceptors (Lipinski definition) is 8. The van der Waals surface area contributed by atoms with Gasteiger partial charge < -0.3 is 10.6 Å². The summed E-state index contributed by atoms with van der Waals surface area (Å²) in [4.78, 5) is 13.6. The second-order valence-electron chi connectivity index (χ2n) is 11.3. The van der Waals surface area contributed by atoms with Gasteiger partial charge in [-0.1, -0.05) is 18.2 Å². The molecule has 0 amide bonds. The number of benzene rings is 1. The number of piperazine rings is 1. The Morgan fingerprint density at radius 1 is 1.02 bits per heavy atom. The molecule has 2 fully saturated rings. The number of rotatable bonds is 5. The number of nitrogens with two attached hydrogens (primary N) is 2. The molecule has 13 heteroatoms. The molecular formula is C28H34F2N8O2S. The van der Waals surface area contributed by atoms with E-state index in [1.165, 1.54) is 18.5 Å². The van der Waals surface area contributed by atoms with E-state index >= 15 is 4.39 Å². The number of nitrogen functional groups attached to an aromatic ring is 1. The van der Waals surface area contributed by atoms with Crippen LogP contribution in [0.4, 0.5) is 14.6 Å². The average molecular weight is 585 g/mol. The summed E-state index contributed by atoms with van der Waals surface area (Å²) in [6.07, 6.45) is 8.22. The molecule has 1 saturated heterocycles. The van der Waals surface area contributed by atoms with Gasteiger partial charge in [0.15, 0.2) is 5.65 Å². The summed E-state index contributed by atoms with van der Waals surface area (Å²) in [6, 6.07) is 4.81. The van der Waals surface area contributed by atoms with Crippen molar-refractivity contribution in [2.24, 2.45) is 5.14 Å². The van der Waals surface area contributed by atoms with E-state index in [9.17, 15) is 12.8 Å². The molecular weight excluding hydrogens is 550 g/mol. The molecule has 218 valence electrons. The Morgan fingerprint density at radius 2 is 1.73 bits per heavy atom. The monoisotopic (exact) mass is 584 g/mol. The molecule has 0 bridgehead atoms. The SMILES string of the molecule is CN1CCN(C2CCC(n3nc(-c4ccc(C5(S(N)(=O)=O)C=CC(F)=CC5)c(F)c4)c4c(N)ncnc43)CC2)CC1. The maximum atomic E-state index is 15.7. The molecule has 1 unspecified atom stereocenters. The molecule has 1 saturated carbocycles. The predicted octanol–water partition coefficient (Wildman–Crippen LogP) is 3.24. The Hall–Kier alpha value is -3.26. The van der Waals surface area contributed by atoms with Gasteiger partial charge in [0, 0.05) is 43.3 Å². The summed E-state index contributed by atoms with van der Waals surface area (Å²) in [5.74, 6) is -1.18. The second-order valence-corrected chi connectivity index (χ2v) is 13.1. The highest BCUT2D eigenvalue weighted by molar-refractivity contribution is 7.90. The number of aromatic nitrogens is 4. The highest BCUT2D eigenvalue weighted by Gasteiger charge is 2.44. The lowest BCUT2D eigenvalue weighted by atomic mass is 9.89. The topological polar surface area (TPSA) is 136 Å². The van der Waals surface area contributed by atoms with Crippen molar-refractivity contribution in [2.45, 2.75) is 48.9 Å². The molecule has 0 spiro atoms. The number of fused-ring (bicyclic) bond motifs is 1. The fourth-order valence-electron chi connectivity index (χ4n) is 6.48. The number of likely N-dealkylation sites (N-methyl/N-ethyl adjacent to an activating group) is 1. The van der Waals surface area contributed by atoms with E-state index < -0.39 is 26.4 Å². The summed E-state index contributed by atoms with van der Waals surface area (Å²) < 4.78 is 54.6. The van der Waals surface area contributed by atoms with E-state index in [1.807, 2.05) is 4.68 Å². The third kappa shape index (κ3) is 4.94. The van der Waals surface area contributed by atoms with Gasteiger partial charge >= 0.3 is 0 Å². The summed E-state index contributed by atoms with van der Waals surface area (Å²) >= 11 is 0. The van der Waals surface area contributed by atoms with Crippen molar-refractivity contribution in [1.29, 1.82) is 0 Å². The van der Waals surface area contributed by atoms with Crippen LogP contribution in [0.5, 0.6) is 0 Å². The average Bonchev–Trinajstić information content (AvgIpc) is 3.35. The Balaban J connectivity index is 1.33. The molecule has 10 nitrogen and oxygen atoms in total. The largest absolute Gasteiger partial charge is 0.383 e. The van der Waals surface area contributed by atoms with Crippen LogP contribution in [-0.4, -0.2) is 77.2 Å². The number of anilines is 1. The zero-order valence-electron chi connectivity index (χ0n) is 22.9. The van der Waals surface area contributed by atoms with Crippen LogP contribution in [0.15, 0.2) is 48.6 Å². The summed E-state index contributed by atoms with van der Waals surface area (Å²) in [7, 11) is -2.18. The third-order valence-corrected chi connectivity index (χ3v) is 10.4. The van der Waals surface area contributed by atoms with Crippen molar-refractivity contribution < 1.29 is 17.2 Å². The van der Waals surface area contributed by atoms with Gasteiger partial charge in [-0.05, 0) is 57.4 Å². The minimum Gasteiger partial charge on any atom is -0.383 e. The molecule has 3 aromatic rings. The van der Waals surface area contributed by atoms with Crippen LogP contribution in [0.25, 0.3) is 22.3 Å². The second kappa shape index (κ2) is 10.5. The van der Waals surface area contributed by atoms with Gasteiger partial charge in [0.25, 0.3) is 0 Å². The number of halogens is 2. The lowest BCUT2D eigenvalue weighted by Crippen LogP contribution is -2.49. The van der Waals surface area contributed by atoms with Gasteiger partial charge in [-0.3, -0.25) is 4.90 Å². The van der Waals surface area contributed by atoms with Crippen molar-refractivity contribution in [3.8, 4) is 11.3 Å². The van der Waals surface area contributed by atoms with Crippen molar-refractivity contribution in [2.75, 3.05) is 39.0 Å². The van der Waals surface area contributed by atoms with Crippen LogP contribution in [0, 0.1) is 5.82 Å². The van der Waals surface area contributed by atoms with Crippen LogP contribution in [0.1, 0.15) is 43.7 Å². The zero-order chi connectivity index (χ0) is 28.9. The number of nitrogens with zero attached hydrogens (tertiary/aromatic N) is 6. The predicted molar refractivity (Wildman–Crippen MR) is 153 cm³/mol. The molecule has 41 heavy (non-hydrogen) atoms. The number of sulfonamides is 1. The minimum atomic E-state index is -4.33. The fraction of sp³-hybridized carbons (Fsp3) is 0.464. The van der Waals surface area contributed by atoms with Crippen molar-refractivity contribution in [3.05, 3.63) is 60.0 Å². The third-order valence-electron chi connectivity index (χ3n) is 8.90. The minimum absolute atomic E-state index is 0.105. The molecule has 1 atom stereocenters. The molecule has 1 aromatic carbocycles. The molecule has 6 rings (SSSR count). The van der Waals surface area contributed by atoms with Gasteiger partial charge in [0.05, 0.1) is 11.4 Å². The molecule has 2 aromatic heterocycles. The lowest BCUT2D eigenvalue weighted by Gasteiger charge is -2.41. The molecule has 2 aliphatic carbocycles. The van der Waals surface area contributed by atoms with E-state index in [0.29, 0.717) is 28.3 Å². The maximum Gasteiger partial charge on any atom is 0.223 e. The summed E-state index contributed by atoms with van der Waals surface area (Å²) in [6.45, 7) is 4.33. The standard InChI is InChI=1S/C28H34F2N8O2S/c1-36-12-14-37(15-13-36)20-3-5-21(6-4-20)38-27-24(26(31)33-17-34-27)25(35-38)18-2-7-22(23(30)16-18)28(41(32,39)40)10-8-19(29)9-11-28/h2,7-10,16-17,20-21H,3-6,11-15H2,1H3,(H2,31,33,34)(H2,32,39,40). The van der Waals surface area contributed by atoms with E-state index in [0.717, 1.165) is 70.1 Å². The molecule has 3 heterocycles. The van der Waals surface area contributed by atoms with Gasteiger partial charge in [0.1, 0.15) is 34.2 Å². The first-order valence-corrected chi connectivity index (χ1v) is 15.4. The Morgan fingerprint density at radius 3 is 2.37 bits per heavy atom. The smallest absolute Gasteiger partial charge is 0.223 e. The van der Waals surface area contributed by atoms with Crippen LogP contribution in [0.2, 0.25) is 0 Å². The van der Waals surface area contributed by atoms with E-state index in [2.05, 4.69) is 26.8 Å². The van der Waals surface area contributed by atoms with E-state index in [4.69, 9.17) is 16.0 Å². The van der Waals surface area contributed by atoms with Gasteiger partial charge in [-0.25, -0.2) is 37.0 Å². The van der Waals surface area contributed by atoms with Crippen LogP contribution in [-0.2, 0) is 14.8 Å². The molecule has 3 aliphatic rings. The quantitative estimate of drug-likeness (QED) is 0.467. The van der Waals surface area contributed by atoms with Crippen LogP contribution < -0.4 is 10.9 Å². The first-order chi connectivity index (χ1) is 19.6. The number of primary sulfonamides is 1.